The Morgan fingerprint density at radius 2 is 2.05 bits per heavy atom. The maximum Gasteiger partial charge on any atom is 0.0416 e. The van der Waals surface area contributed by atoms with Crippen molar-refractivity contribution in [1.82, 2.24) is 5.32 Å². The highest BCUT2D eigenvalue weighted by Gasteiger charge is 2.30. The lowest BCUT2D eigenvalue weighted by Gasteiger charge is -2.32. The molecule has 1 aliphatic rings. The van der Waals surface area contributed by atoms with E-state index in [1.807, 2.05) is 0 Å². The molecule has 0 aromatic heterocycles. The average Bonchev–Trinajstić information content (AvgIpc) is 2.77. The van der Waals surface area contributed by atoms with Crippen LogP contribution in [-0.2, 0) is 6.54 Å². The van der Waals surface area contributed by atoms with E-state index in [2.05, 4.69) is 63.0 Å². The van der Waals surface area contributed by atoms with E-state index in [-0.39, 0.29) is 0 Å². The van der Waals surface area contributed by atoms with E-state index in [0.29, 0.717) is 18.1 Å². The van der Waals surface area contributed by atoms with Gasteiger partial charge in [-0.25, -0.2) is 0 Å². The molecule has 112 valence electrons. The van der Waals surface area contributed by atoms with Crippen LogP contribution >= 0.6 is 0 Å². The molecule has 2 atom stereocenters. The van der Waals surface area contributed by atoms with Crippen LogP contribution in [0.25, 0.3) is 0 Å². The molecule has 1 aliphatic heterocycles. The summed E-state index contributed by atoms with van der Waals surface area (Å²) in [6, 6.07) is 8.85. The minimum atomic E-state index is 0.529. The molecule has 20 heavy (non-hydrogen) atoms. The Labute approximate surface area is 124 Å². The van der Waals surface area contributed by atoms with E-state index in [1.54, 1.807) is 0 Å². The molecular weight excluding hydrogens is 244 g/mol. The molecule has 0 aliphatic carbocycles. The Morgan fingerprint density at radius 1 is 1.30 bits per heavy atom. The van der Waals surface area contributed by atoms with E-state index in [4.69, 9.17) is 0 Å². The monoisotopic (exact) mass is 274 g/mol. The largest absolute Gasteiger partial charge is 0.366 e. The molecule has 0 amide bonds. The third kappa shape index (κ3) is 3.35. The van der Waals surface area contributed by atoms with E-state index < -0.39 is 0 Å². The van der Waals surface area contributed by atoms with Crippen LogP contribution in [0, 0.1) is 6.92 Å². The number of benzene rings is 1. The van der Waals surface area contributed by atoms with Gasteiger partial charge < -0.3 is 10.2 Å². The highest BCUT2D eigenvalue weighted by Crippen LogP contribution is 2.34. The summed E-state index contributed by atoms with van der Waals surface area (Å²) in [6.45, 7) is 12.3. The fraction of sp³-hybridized carbons (Fsp3) is 0.667. The van der Waals surface area contributed by atoms with Gasteiger partial charge in [0.15, 0.2) is 0 Å². The molecular formula is C18H30N2. The van der Waals surface area contributed by atoms with Crippen molar-refractivity contribution in [2.24, 2.45) is 0 Å². The summed E-state index contributed by atoms with van der Waals surface area (Å²) in [7, 11) is 0. The molecule has 1 N–H and O–H groups in total. The molecule has 1 aromatic rings. The maximum absolute atomic E-state index is 3.57. The van der Waals surface area contributed by atoms with Crippen molar-refractivity contribution in [3.63, 3.8) is 0 Å². The lowest BCUT2D eigenvalue weighted by Crippen LogP contribution is -2.35. The predicted octanol–water partition coefficient (Wildman–Crippen LogP) is 4.26. The fourth-order valence-electron chi connectivity index (χ4n) is 3.33. The van der Waals surface area contributed by atoms with Gasteiger partial charge in [0.25, 0.3) is 0 Å². The molecule has 1 saturated heterocycles. The molecule has 0 spiro atoms. The van der Waals surface area contributed by atoms with Crippen molar-refractivity contribution in [2.45, 2.75) is 78.6 Å². The minimum absolute atomic E-state index is 0.529. The molecule has 2 unspecified atom stereocenters. The SMILES string of the molecule is CCC1CCC(C)N1c1ccc(C)cc1CNC(C)C. The second-order valence-electron chi connectivity index (χ2n) is 6.56. The Balaban J connectivity index is 2.29. The Bertz CT molecular complexity index is 439. The summed E-state index contributed by atoms with van der Waals surface area (Å²) in [5, 5.41) is 3.57. The van der Waals surface area contributed by atoms with Crippen LogP contribution in [0.15, 0.2) is 18.2 Å². The van der Waals surface area contributed by atoms with Gasteiger partial charge >= 0.3 is 0 Å². The highest BCUT2D eigenvalue weighted by molar-refractivity contribution is 5.57. The van der Waals surface area contributed by atoms with Gasteiger partial charge in [-0.1, -0.05) is 38.5 Å². The van der Waals surface area contributed by atoms with Crippen molar-refractivity contribution in [3.05, 3.63) is 29.3 Å². The van der Waals surface area contributed by atoms with Crippen LogP contribution in [0.2, 0.25) is 0 Å². The average molecular weight is 274 g/mol. The Hall–Kier alpha value is -1.02. The van der Waals surface area contributed by atoms with Crippen molar-refractivity contribution >= 4 is 5.69 Å². The van der Waals surface area contributed by atoms with Gasteiger partial charge in [0.05, 0.1) is 0 Å². The Kier molecular flexibility index (Phi) is 5.09. The van der Waals surface area contributed by atoms with Gasteiger partial charge in [-0.3, -0.25) is 0 Å². The molecule has 0 bridgehead atoms. The van der Waals surface area contributed by atoms with E-state index in [9.17, 15) is 0 Å². The molecule has 2 rings (SSSR count). The molecule has 1 heterocycles. The van der Waals surface area contributed by atoms with Gasteiger partial charge in [-0.15, -0.1) is 0 Å². The quantitative estimate of drug-likeness (QED) is 0.863. The van der Waals surface area contributed by atoms with Crippen LogP contribution < -0.4 is 10.2 Å². The standard InChI is InChI=1S/C18H30N2/c1-6-17-9-8-15(5)20(17)18-10-7-14(4)11-16(18)12-19-13(2)3/h7,10-11,13,15,17,19H,6,8-9,12H2,1-5H3. The summed E-state index contributed by atoms with van der Waals surface area (Å²) in [5.74, 6) is 0. The van der Waals surface area contributed by atoms with Crippen LogP contribution in [0.4, 0.5) is 5.69 Å². The topological polar surface area (TPSA) is 15.3 Å². The number of anilines is 1. The van der Waals surface area contributed by atoms with Gasteiger partial charge in [-0.2, -0.15) is 0 Å². The molecule has 1 fully saturated rings. The molecule has 2 heteroatoms. The van der Waals surface area contributed by atoms with Gasteiger partial charge in [0.1, 0.15) is 0 Å². The lowest BCUT2D eigenvalue weighted by molar-refractivity contribution is 0.581. The van der Waals surface area contributed by atoms with E-state index in [1.165, 1.54) is 36.1 Å². The van der Waals surface area contributed by atoms with Gasteiger partial charge in [-0.05, 0) is 44.7 Å². The van der Waals surface area contributed by atoms with Crippen molar-refractivity contribution in [3.8, 4) is 0 Å². The molecule has 2 nitrogen and oxygen atoms in total. The van der Waals surface area contributed by atoms with Crippen molar-refractivity contribution < 1.29 is 0 Å². The van der Waals surface area contributed by atoms with Gasteiger partial charge in [0.2, 0.25) is 0 Å². The minimum Gasteiger partial charge on any atom is -0.366 e. The zero-order chi connectivity index (χ0) is 14.7. The summed E-state index contributed by atoms with van der Waals surface area (Å²) in [4.78, 5) is 2.66. The predicted molar refractivity (Wildman–Crippen MR) is 88.4 cm³/mol. The first-order chi connectivity index (χ1) is 9.52. The van der Waals surface area contributed by atoms with Crippen molar-refractivity contribution in [2.75, 3.05) is 4.90 Å². The number of nitrogens with one attached hydrogen (secondary N) is 1. The normalized spacial score (nSPS) is 22.8. The van der Waals surface area contributed by atoms with Crippen LogP contribution in [0.1, 0.15) is 58.1 Å². The van der Waals surface area contributed by atoms with Crippen LogP contribution in [-0.4, -0.2) is 18.1 Å². The lowest BCUT2D eigenvalue weighted by atomic mass is 10.1. The first-order valence-electron chi connectivity index (χ1n) is 8.14. The number of hydrogen-bond donors (Lipinski definition) is 1. The summed E-state index contributed by atoms with van der Waals surface area (Å²) < 4.78 is 0. The molecule has 1 aromatic carbocycles. The first-order valence-corrected chi connectivity index (χ1v) is 8.14. The zero-order valence-electron chi connectivity index (χ0n) is 13.7. The molecule has 0 saturated carbocycles. The maximum atomic E-state index is 3.57. The number of hydrogen-bond acceptors (Lipinski definition) is 2. The van der Waals surface area contributed by atoms with Crippen molar-refractivity contribution in [1.29, 1.82) is 0 Å². The third-order valence-electron chi connectivity index (χ3n) is 4.47. The van der Waals surface area contributed by atoms with E-state index >= 15 is 0 Å². The second kappa shape index (κ2) is 6.62. The van der Waals surface area contributed by atoms with Gasteiger partial charge in [0, 0.05) is 30.4 Å². The third-order valence-corrected chi connectivity index (χ3v) is 4.47. The number of nitrogens with zero attached hydrogens (tertiary/aromatic N) is 1. The smallest absolute Gasteiger partial charge is 0.0416 e. The molecule has 0 radical (unpaired) electrons. The number of aryl methyl sites for hydroxylation is 1. The summed E-state index contributed by atoms with van der Waals surface area (Å²) in [5.41, 5.74) is 4.25. The second-order valence-corrected chi connectivity index (χ2v) is 6.56. The van der Waals surface area contributed by atoms with Crippen LogP contribution in [0.3, 0.4) is 0 Å². The van der Waals surface area contributed by atoms with Crippen LogP contribution in [0.5, 0.6) is 0 Å². The summed E-state index contributed by atoms with van der Waals surface area (Å²) in [6.07, 6.45) is 3.90. The van der Waals surface area contributed by atoms with E-state index in [0.717, 1.165) is 6.54 Å². The highest BCUT2D eigenvalue weighted by atomic mass is 15.2. The zero-order valence-corrected chi connectivity index (χ0v) is 13.7. The number of rotatable bonds is 5. The first kappa shape index (κ1) is 15.4. The Morgan fingerprint density at radius 3 is 2.70 bits per heavy atom. The fourth-order valence-corrected chi connectivity index (χ4v) is 3.33. The summed E-state index contributed by atoms with van der Waals surface area (Å²) >= 11 is 0.